The Labute approximate surface area is 110 Å². The molecule has 19 heavy (non-hydrogen) atoms. The molecule has 0 fully saturated rings. The van der Waals surface area contributed by atoms with Gasteiger partial charge < -0.3 is 0 Å². The molecule has 0 aliphatic heterocycles. The quantitative estimate of drug-likeness (QED) is 0.362. The smallest absolute Gasteiger partial charge is 0.0780 e. The summed E-state index contributed by atoms with van der Waals surface area (Å²) in [5.74, 6) is 0. The summed E-state index contributed by atoms with van der Waals surface area (Å²) in [7, 11) is 0. The van der Waals surface area contributed by atoms with Crippen molar-refractivity contribution in [1.29, 1.82) is 0 Å². The molecule has 3 aromatic rings. The Kier molecular flexibility index (Phi) is 2.85. The summed E-state index contributed by atoms with van der Waals surface area (Å²) in [6.45, 7) is 0. The Balaban J connectivity index is 2.34. The van der Waals surface area contributed by atoms with Gasteiger partial charge in [-0.25, -0.2) is 0 Å². The Morgan fingerprint density at radius 2 is 1.68 bits per heavy atom. The fraction of sp³-hybridized carbons (Fsp3) is 0. The number of azide groups is 1. The van der Waals surface area contributed by atoms with Crippen molar-refractivity contribution in [2.45, 2.75) is 0 Å². The summed E-state index contributed by atoms with van der Waals surface area (Å²) >= 11 is 0. The molecule has 0 unspecified atom stereocenters. The number of para-hydroxylation sites is 1. The first-order chi connectivity index (χ1) is 9.40. The minimum Gasteiger partial charge on any atom is -0.256 e. The molecule has 1 heterocycles. The molecule has 0 aliphatic carbocycles. The normalized spacial score (nSPS) is 10.1. The molecule has 0 bridgehead atoms. The van der Waals surface area contributed by atoms with E-state index in [1.54, 1.807) is 12.3 Å². The molecule has 0 saturated carbocycles. The molecule has 3 rings (SSSR count). The van der Waals surface area contributed by atoms with Crippen LogP contribution in [0.3, 0.4) is 0 Å². The predicted molar refractivity (Wildman–Crippen MR) is 76.0 cm³/mol. The van der Waals surface area contributed by atoms with E-state index in [1.165, 1.54) is 0 Å². The van der Waals surface area contributed by atoms with Crippen LogP contribution in [0.5, 0.6) is 0 Å². The summed E-state index contributed by atoms with van der Waals surface area (Å²) in [6.07, 6.45) is 1.77. The van der Waals surface area contributed by atoms with Crippen LogP contribution in [-0.2, 0) is 0 Å². The third-order valence-electron chi connectivity index (χ3n) is 2.98. The van der Waals surface area contributed by atoms with Gasteiger partial charge in [0.1, 0.15) is 0 Å². The van der Waals surface area contributed by atoms with Crippen molar-refractivity contribution < 1.29 is 0 Å². The first kappa shape index (κ1) is 11.3. The minimum atomic E-state index is 0.614. The second-order valence-electron chi connectivity index (χ2n) is 4.09. The third kappa shape index (κ3) is 2.01. The van der Waals surface area contributed by atoms with Gasteiger partial charge in [0.05, 0.1) is 5.52 Å². The molecule has 2 aromatic carbocycles. The van der Waals surface area contributed by atoms with Crippen molar-refractivity contribution >= 4 is 16.6 Å². The van der Waals surface area contributed by atoms with Crippen LogP contribution in [0.1, 0.15) is 0 Å². The van der Waals surface area contributed by atoms with Crippen LogP contribution < -0.4 is 0 Å². The highest BCUT2D eigenvalue weighted by atomic mass is 15.1. The zero-order valence-corrected chi connectivity index (χ0v) is 10.1. The lowest BCUT2D eigenvalue weighted by Gasteiger charge is -2.08. The van der Waals surface area contributed by atoms with Gasteiger partial charge in [0, 0.05) is 27.7 Å². The summed E-state index contributed by atoms with van der Waals surface area (Å²) in [5, 5.41) is 4.81. The fourth-order valence-corrected chi connectivity index (χ4v) is 2.16. The Bertz CT molecular complexity index is 784. The molecule has 90 valence electrons. The maximum absolute atomic E-state index is 8.65. The Morgan fingerprint density at radius 3 is 2.58 bits per heavy atom. The molecular formula is C15H10N4. The van der Waals surface area contributed by atoms with Gasteiger partial charge in [0.25, 0.3) is 0 Å². The highest BCUT2D eigenvalue weighted by molar-refractivity contribution is 5.96. The molecule has 4 heteroatoms. The van der Waals surface area contributed by atoms with E-state index in [-0.39, 0.29) is 0 Å². The molecule has 4 nitrogen and oxygen atoms in total. The van der Waals surface area contributed by atoms with E-state index in [1.807, 2.05) is 48.5 Å². The molecule has 0 saturated heterocycles. The number of hydrogen-bond donors (Lipinski definition) is 0. The second kappa shape index (κ2) is 4.80. The van der Waals surface area contributed by atoms with E-state index in [0.717, 1.165) is 22.0 Å². The topological polar surface area (TPSA) is 61.7 Å². The molecule has 0 atom stereocenters. The molecule has 0 N–H and O–H groups in total. The van der Waals surface area contributed by atoms with Crippen LogP contribution in [0, 0.1) is 0 Å². The van der Waals surface area contributed by atoms with Crippen LogP contribution in [0.25, 0.3) is 32.5 Å². The lowest BCUT2D eigenvalue weighted by atomic mass is 10.0. The standard InChI is InChI=1S/C15H10N4/c16-19-18-14-9-2-1-7-12(14)13-8-3-5-11-6-4-10-17-15(11)13/h1-10H. The minimum absolute atomic E-state index is 0.614. The number of fused-ring (bicyclic) bond motifs is 1. The van der Waals surface area contributed by atoms with Crippen molar-refractivity contribution in [1.82, 2.24) is 4.98 Å². The number of hydrogen-bond acceptors (Lipinski definition) is 2. The number of pyridine rings is 1. The van der Waals surface area contributed by atoms with Crippen molar-refractivity contribution in [3.05, 3.63) is 71.2 Å². The van der Waals surface area contributed by atoms with Crippen LogP contribution in [0.15, 0.2) is 65.9 Å². The van der Waals surface area contributed by atoms with Gasteiger partial charge >= 0.3 is 0 Å². The van der Waals surface area contributed by atoms with Crippen molar-refractivity contribution in [2.24, 2.45) is 5.11 Å². The largest absolute Gasteiger partial charge is 0.256 e. The monoisotopic (exact) mass is 246 g/mol. The molecular weight excluding hydrogens is 236 g/mol. The molecule has 0 spiro atoms. The highest BCUT2D eigenvalue weighted by Gasteiger charge is 2.07. The van der Waals surface area contributed by atoms with Gasteiger partial charge in [0.15, 0.2) is 0 Å². The second-order valence-corrected chi connectivity index (χ2v) is 4.09. The predicted octanol–water partition coefficient (Wildman–Crippen LogP) is 4.84. The maximum Gasteiger partial charge on any atom is 0.0780 e. The van der Waals surface area contributed by atoms with Gasteiger partial charge in [0.2, 0.25) is 0 Å². The lowest BCUT2D eigenvalue weighted by molar-refractivity contribution is 1.40. The number of benzene rings is 2. The van der Waals surface area contributed by atoms with Gasteiger partial charge in [-0.3, -0.25) is 4.98 Å². The lowest BCUT2D eigenvalue weighted by Crippen LogP contribution is -1.84. The summed E-state index contributed by atoms with van der Waals surface area (Å²) in [6, 6.07) is 17.4. The van der Waals surface area contributed by atoms with Crippen molar-refractivity contribution in [3.8, 4) is 11.1 Å². The van der Waals surface area contributed by atoms with Gasteiger partial charge in [-0.2, -0.15) is 0 Å². The van der Waals surface area contributed by atoms with E-state index < -0.39 is 0 Å². The van der Waals surface area contributed by atoms with Gasteiger partial charge in [-0.15, -0.1) is 0 Å². The van der Waals surface area contributed by atoms with Gasteiger partial charge in [-0.05, 0) is 17.2 Å². The van der Waals surface area contributed by atoms with Crippen LogP contribution in [-0.4, -0.2) is 4.98 Å². The van der Waals surface area contributed by atoms with Gasteiger partial charge in [-0.1, -0.05) is 53.6 Å². The van der Waals surface area contributed by atoms with E-state index in [2.05, 4.69) is 15.0 Å². The molecule has 0 amide bonds. The van der Waals surface area contributed by atoms with E-state index >= 15 is 0 Å². The first-order valence-corrected chi connectivity index (χ1v) is 5.88. The zero-order chi connectivity index (χ0) is 13.1. The molecule has 1 aromatic heterocycles. The Morgan fingerprint density at radius 1 is 0.895 bits per heavy atom. The summed E-state index contributed by atoms with van der Waals surface area (Å²) < 4.78 is 0. The van der Waals surface area contributed by atoms with E-state index in [0.29, 0.717) is 5.69 Å². The average Bonchev–Trinajstić information content (AvgIpc) is 2.48. The third-order valence-corrected chi connectivity index (χ3v) is 2.98. The first-order valence-electron chi connectivity index (χ1n) is 5.88. The average molecular weight is 246 g/mol. The van der Waals surface area contributed by atoms with Crippen molar-refractivity contribution in [2.75, 3.05) is 0 Å². The van der Waals surface area contributed by atoms with E-state index in [4.69, 9.17) is 5.53 Å². The number of aromatic nitrogens is 1. The van der Waals surface area contributed by atoms with Crippen LogP contribution >= 0.6 is 0 Å². The number of rotatable bonds is 2. The van der Waals surface area contributed by atoms with Crippen LogP contribution in [0.2, 0.25) is 0 Å². The fourth-order valence-electron chi connectivity index (χ4n) is 2.16. The summed E-state index contributed by atoms with van der Waals surface area (Å²) in [5.41, 5.74) is 12.0. The van der Waals surface area contributed by atoms with Crippen LogP contribution in [0.4, 0.5) is 5.69 Å². The maximum atomic E-state index is 8.65. The zero-order valence-electron chi connectivity index (χ0n) is 10.1. The van der Waals surface area contributed by atoms with Crippen molar-refractivity contribution in [3.63, 3.8) is 0 Å². The highest BCUT2D eigenvalue weighted by Crippen LogP contribution is 2.34. The molecule has 0 radical (unpaired) electrons. The summed E-state index contributed by atoms with van der Waals surface area (Å²) in [4.78, 5) is 7.30. The van der Waals surface area contributed by atoms with E-state index in [9.17, 15) is 0 Å². The SMILES string of the molecule is [N-]=[N+]=Nc1ccccc1-c1cccc2cccnc12. The number of nitrogens with zero attached hydrogens (tertiary/aromatic N) is 4. The molecule has 0 aliphatic rings. The Hall–Kier alpha value is -2.84.